The summed E-state index contributed by atoms with van der Waals surface area (Å²) < 4.78 is 156. The van der Waals surface area contributed by atoms with Crippen LogP contribution in [0, 0.1) is 0 Å². The Morgan fingerprint density at radius 1 is 0.739 bits per heavy atom. The molecule has 0 bridgehead atoms. The van der Waals surface area contributed by atoms with Crippen molar-refractivity contribution in [2.24, 2.45) is 0 Å². The van der Waals surface area contributed by atoms with Crippen LogP contribution in [0.25, 0.3) is 0 Å². The lowest BCUT2D eigenvalue weighted by atomic mass is 9.98. The zero-order valence-corrected chi connectivity index (χ0v) is 11.3. The first-order valence-electron chi connectivity index (χ1n) is 5.75. The molecule has 0 fully saturated rings. The van der Waals surface area contributed by atoms with Crippen LogP contribution in [0.2, 0.25) is 0 Å². The van der Waals surface area contributed by atoms with E-state index in [2.05, 4.69) is 4.74 Å². The highest BCUT2D eigenvalue weighted by atomic mass is 19.4. The standard InChI is InChI=1S/C10H10F12O/c1-3-4(2)23-10(21,22)9(19,20)8(17,18)7(15,16)6(13,14)5(11)12/h4-5H,3H2,1-2H3. The number of ether oxygens (including phenoxy) is 1. The second-order valence-corrected chi connectivity index (χ2v) is 4.50. The van der Waals surface area contributed by atoms with Gasteiger partial charge in [-0.15, -0.1) is 0 Å². The van der Waals surface area contributed by atoms with Gasteiger partial charge >= 0.3 is 36.2 Å². The maximum atomic E-state index is 13.1. The third-order valence-electron chi connectivity index (χ3n) is 2.77. The smallest absolute Gasteiger partial charge is 0.312 e. The summed E-state index contributed by atoms with van der Waals surface area (Å²) in [5.74, 6) is -29.2. The molecule has 0 rings (SSSR count). The summed E-state index contributed by atoms with van der Waals surface area (Å²) in [6.07, 6.45) is -14.1. The molecule has 0 aromatic rings. The van der Waals surface area contributed by atoms with Crippen molar-refractivity contribution in [2.45, 2.75) is 62.6 Å². The molecule has 0 aromatic heterocycles. The normalized spacial score (nSPS) is 16.8. The van der Waals surface area contributed by atoms with E-state index in [0.29, 0.717) is 6.92 Å². The van der Waals surface area contributed by atoms with Crippen LogP contribution in [-0.2, 0) is 4.74 Å². The molecule has 0 radical (unpaired) electrons. The molecule has 1 unspecified atom stereocenters. The Hall–Kier alpha value is -0.880. The van der Waals surface area contributed by atoms with Gasteiger partial charge in [0.05, 0.1) is 6.10 Å². The molecule has 0 heterocycles. The first-order chi connectivity index (χ1) is 9.90. The summed E-state index contributed by atoms with van der Waals surface area (Å²) in [7, 11) is 0. The van der Waals surface area contributed by atoms with Gasteiger partial charge in [0, 0.05) is 0 Å². The van der Waals surface area contributed by atoms with Gasteiger partial charge in [-0.05, 0) is 13.3 Å². The highest BCUT2D eigenvalue weighted by Crippen LogP contribution is 2.58. The molecule has 1 nitrogen and oxygen atoms in total. The Labute approximate surface area is 121 Å². The fraction of sp³-hybridized carbons (Fsp3) is 1.00. The van der Waals surface area contributed by atoms with E-state index in [9.17, 15) is 52.7 Å². The average Bonchev–Trinajstić information content (AvgIpc) is 2.36. The molecule has 0 saturated heterocycles. The summed E-state index contributed by atoms with van der Waals surface area (Å²) in [4.78, 5) is 0. The molecule has 0 aliphatic heterocycles. The predicted molar refractivity (Wildman–Crippen MR) is 51.6 cm³/mol. The second kappa shape index (κ2) is 6.20. The monoisotopic (exact) mass is 374 g/mol. The Morgan fingerprint density at radius 2 is 1.13 bits per heavy atom. The van der Waals surface area contributed by atoms with Crippen LogP contribution in [-0.4, -0.2) is 42.3 Å². The molecule has 0 spiro atoms. The SMILES string of the molecule is CCC(C)OC(F)(F)C(F)(F)C(F)(F)C(F)(F)C(F)(F)C(F)F. The molecule has 0 aliphatic carbocycles. The molecule has 13 heteroatoms. The van der Waals surface area contributed by atoms with Gasteiger partial charge in [0.15, 0.2) is 0 Å². The molecular weight excluding hydrogens is 364 g/mol. The summed E-state index contributed by atoms with van der Waals surface area (Å²) in [6.45, 7) is 1.74. The van der Waals surface area contributed by atoms with E-state index in [1.807, 2.05) is 0 Å². The number of hydrogen-bond donors (Lipinski definition) is 0. The van der Waals surface area contributed by atoms with Gasteiger partial charge in [-0.1, -0.05) is 6.92 Å². The first-order valence-corrected chi connectivity index (χ1v) is 5.75. The predicted octanol–water partition coefficient (Wildman–Crippen LogP) is 5.20. The minimum atomic E-state index is -7.54. The van der Waals surface area contributed by atoms with E-state index in [1.165, 1.54) is 0 Å². The van der Waals surface area contributed by atoms with Crippen LogP contribution in [0.15, 0.2) is 0 Å². The average molecular weight is 374 g/mol. The molecule has 0 N–H and O–H groups in total. The molecule has 0 aromatic carbocycles. The van der Waals surface area contributed by atoms with Gasteiger partial charge in [0.2, 0.25) is 0 Å². The third kappa shape index (κ3) is 3.33. The van der Waals surface area contributed by atoms with Crippen molar-refractivity contribution >= 4 is 0 Å². The van der Waals surface area contributed by atoms with Crippen LogP contribution < -0.4 is 0 Å². The first kappa shape index (κ1) is 22.1. The summed E-state index contributed by atoms with van der Waals surface area (Å²) in [5.41, 5.74) is 0. The number of hydrogen-bond acceptors (Lipinski definition) is 1. The summed E-state index contributed by atoms with van der Waals surface area (Å²) in [5, 5.41) is 0. The molecule has 1 atom stereocenters. The van der Waals surface area contributed by atoms with Crippen molar-refractivity contribution < 1.29 is 57.4 Å². The number of halogens is 12. The number of rotatable bonds is 8. The topological polar surface area (TPSA) is 9.23 Å². The zero-order chi connectivity index (χ0) is 19.1. The van der Waals surface area contributed by atoms with E-state index >= 15 is 0 Å². The van der Waals surface area contributed by atoms with E-state index in [0.717, 1.165) is 6.92 Å². The van der Waals surface area contributed by atoms with Gasteiger partial charge in [0.1, 0.15) is 0 Å². The van der Waals surface area contributed by atoms with Crippen molar-refractivity contribution in [3.05, 3.63) is 0 Å². The van der Waals surface area contributed by atoms with Crippen molar-refractivity contribution in [1.29, 1.82) is 0 Å². The van der Waals surface area contributed by atoms with Crippen molar-refractivity contribution in [1.82, 2.24) is 0 Å². The highest BCUT2D eigenvalue weighted by Gasteiger charge is 2.88. The molecule has 0 aliphatic rings. The van der Waals surface area contributed by atoms with E-state index < -0.39 is 48.7 Å². The Bertz CT molecular complexity index is 405. The molecule has 0 saturated carbocycles. The van der Waals surface area contributed by atoms with Gasteiger partial charge in [0.25, 0.3) is 0 Å². The molecule has 140 valence electrons. The van der Waals surface area contributed by atoms with Crippen LogP contribution in [0.3, 0.4) is 0 Å². The largest absolute Gasteiger partial charge is 0.426 e. The van der Waals surface area contributed by atoms with E-state index in [4.69, 9.17) is 0 Å². The zero-order valence-electron chi connectivity index (χ0n) is 11.3. The molecular formula is C10H10F12O. The van der Waals surface area contributed by atoms with Crippen molar-refractivity contribution in [3.8, 4) is 0 Å². The maximum Gasteiger partial charge on any atom is 0.426 e. The Morgan fingerprint density at radius 3 is 1.43 bits per heavy atom. The van der Waals surface area contributed by atoms with Gasteiger partial charge in [-0.2, -0.15) is 43.9 Å². The van der Waals surface area contributed by atoms with Gasteiger partial charge < -0.3 is 4.74 Å². The van der Waals surface area contributed by atoms with E-state index in [1.54, 1.807) is 0 Å². The maximum absolute atomic E-state index is 13.1. The highest BCUT2D eigenvalue weighted by molar-refractivity contribution is 5.07. The van der Waals surface area contributed by atoms with Gasteiger partial charge in [-0.25, -0.2) is 8.78 Å². The molecule has 0 amide bonds. The van der Waals surface area contributed by atoms with E-state index in [-0.39, 0.29) is 0 Å². The van der Waals surface area contributed by atoms with Crippen LogP contribution in [0.1, 0.15) is 20.3 Å². The minimum absolute atomic E-state index is 0.458. The Balaban J connectivity index is 5.96. The lowest BCUT2D eigenvalue weighted by molar-refractivity contribution is -0.455. The molecule has 23 heavy (non-hydrogen) atoms. The van der Waals surface area contributed by atoms with Crippen molar-refractivity contribution in [2.75, 3.05) is 0 Å². The lowest BCUT2D eigenvalue weighted by Gasteiger charge is -2.39. The van der Waals surface area contributed by atoms with Crippen molar-refractivity contribution in [3.63, 3.8) is 0 Å². The Kier molecular flexibility index (Phi) is 5.97. The third-order valence-corrected chi connectivity index (χ3v) is 2.77. The van der Waals surface area contributed by atoms with Crippen LogP contribution >= 0.6 is 0 Å². The van der Waals surface area contributed by atoms with Gasteiger partial charge in [-0.3, -0.25) is 0 Å². The van der Waals surface area contributed by atoms with Crippen LogP contribution in [0.5, 0.6) is 0 Å². The lowest BCUT2D eigenvalue weighted by Crippen LogP contribution is -2.69. The fourth-order valence-electron chi connectivity index (χ4n) is 1.14. The number of alkyl halides is 12. The summed E-state index contributed by atoms with van der Waals surface area (Å²) >= 11 is 0. The minimum Gasteiger partial charge on any atom is -0.312 e. The van der Waals surface area contributed by atoms with Crippen LogP contribution in [0.4, 0.5) is 52.7 Å². The summed E-state index contributed by atoms with van der Waals surface area (Å²) in [6, 6.07) is 0. The quantitative estimate of drug-likeness (QED) is 0.531. The fourth-order valence-corrected chi connectivity index (χ4v) is 1.14. The second-order valence-electron chi connectivity index (χ2n) is 4.50.